The summed E-state index contributed by atoms with van der Waals surface area (Å²) in [6.07, 6.45) is 0. The van der Waals surface area contributed by atoms with Crippen LogP contribution in [0.2, 0.25) is 0 Å². The number of nitriles is 2. The van der Waals surface area contributed by atoms with Crippen molar-refractivity contribution in [1.82, 2.24) is 0 Å². The molecule has 4 heteroatoms. The minimum absolute atomic E-state index is 0. The topological polar surface area (TPSA) is 56.8 Å². The molecule has 0 aliphatic carbocycles. The third-order valence-electron chi connectivity index (χ3n) is 1.77. The first kappa shape index (κ1) is 15.6. The molecule has 0 fully saturated rings. The summed E-state index contributed by atoms with van der Waals surface area (Å²) in [5, 5.41) is 14.5. The lowest BCUT2D eigenvalue weighted by Crippen LogP contribution is -1.81. The van der Waals surface area contributed by atoms with Gasteiger partial charge in [-0.05, 0) is 24.3 Å². The maximum Gasteiger partial charge on any atom is 0.181 e. The van der Waals surface area contributed by atoms with Crippen molar-refractivity contribution in [2.75, 3.05) is 0 Å². The molecule has 0 aliphatic heterocycles. The molecule has 90 valence electrons. The van der Waals surface area contributed by atoms with E-state index in [0.29, 0.717) is 0 Å². The molecule has 0 unspecified atom stereocenters. The fraction of sp³-hybridized carbons (Fsp3) is 0. The molecule has 0 aliphatic rings. The average molecular weight is 256 g/mol. The predicted molar refractivity (Wildman–Crippen MR) is 74.6 cm³/mol. The molecule has 0 spiro atoms. The van der Waals surface area contributed by atoms with E-state index in [1.54, 1.807) is 0 Å². The van der Waals surface area contributed by atoms with Gasteiger partial charge in [0.2, 0.25) is 0 Å². The minimum Gasteiger partial charge on any atom is -0.457 e. The van der Waals surface area contributed by atoms with Crippen LogP contribution in [0.15, 0.2) is 60.7 Å². The van der Waals surface area contributed by atoms with Gasteiger partial charge in [0.05, 0.1) is 0 Å². The van der Waals surface area contributed by atoms with Crippen LogP contribution >= 0.6 is 13.5 Å². The van der Waals surface area contributed by atoms with Gasteiger partial charge in [-0.2, -0.15) is 24.0 Å². The largest absolute Gasteiger partial charge is 0.457 e. The second-order valence-corrected chi connectivity index (χ2v) is 2.95. The van der Waals surface area contributed by atoms with E-state index in [4.69, 9.17) is 15.3 Å². The highest BCUT2D eigenvalue weighted by atomic mass is 32.1. The van der Waals surface area contributed by atoms with Crippen molar-refractivity contribution in [2.24, 2.45) is 0 Å². The Morgan fingerprint density at radius 1 is 0.667 bits per heavy atom. The molecular weight excluding hydrogens is 244 g/mol. The Morgan fingerprint density at radius 2 is 1.00 bits per heavy atom. The summed E-state index contributed by atoms with van der Waals surface area (Å²) in [5.41, 5.74) is 0. The van der Waals surface area contributed by atoms with Gasteiger partial charge in [0.25, 0.3) is 0 Å². The third kappa shape index (κ3) is 6.22. The third-order valence-corrected chi connectivity index (χ3v) is 1.77. The van der Waals surface area contributed by atoms with Crippen molar-refractivity contribution in [3.05, 3.63) is 60.7 Å². The Bertz CT molecular complexity index is 465. The van der Waals surface area contributed by atoms with Gasteiger partial charge >= 0.3 is 0 Å². The number of benzene rings is 2. The fourth-order valence-corrected chi connectivity index (χ4v) is 1.11. The van der Waals surface area contributed by atoms with Crippen LogP contribution in [0.5, 0.6) is 11.5 Å². The van der Waals surface area contributed by atoms with E-state index < -0.39 is 0 Å². The monoisotopic (exact) mass is 256 g/mol. The van der Waals surface area contributed by atoms with Crippen molar-refractivity contribution in [2.45, 2.75) is 0 Å². The normalized spacial score (nSPS) is 7.44. The van der Waals surface area contributed by atoms with Crippen LogP contribution in [-0.2, 0) is 0 Å². The predicted octanol–water partition coefficient (Wildman–Crippen LogP) is 3.63. The number of nitrogens with zero attached hydrogens (tertiary/aromatic N) is 2. The zero-order valence-electron chi connectivity index (χ0n) is 9.58. The summed E-state index contributed by atoms with van der Waals surface area (Å²) in [6, 6.07) is 22.0. The van der Waals surface area contributed by atoms with Crippen LogP contribution in [0.4, 0.5) is 0 Å². The van der Waals surface area contributed by atoms with Gasteiger partial charge in [0, 0.05) is 0 Å². The van der Waals surface area contributed by atoms with Crippen LogP contribution in [0.3, 0.4) is 0 Å². The summed E-state index contributed by atoms with van der Waals surface area (Å²) < 4.78 is 5.58. The van der Waals surface area contributed by atoms with E-state index in [-0.39, 0.29) is 13.5 Å². The molecule has 0 N–H and O–H groups in total. The lowest BCUT2D eigenvalue weighted by Gasteiger charge is -2.03. The van der Waals surface area contributed by atoms with Crippen LogP contribution < -0.4 is 4.74 Å². The van der Waals surface area contributed by atoms with Crippen LogP contribution in [0, 0.1) is 22.7 Å². The molecule has 0 heterocycles. The maximum atomic E-state index is 7.26. The van der Waals surface area contributed by atoms with Gasteiger partial charge in [0.1, 0.15) is 11.5 Å². The van der Waals surface area contributed by atoms with Gasteiger partial charge in [-0.3, -0.25) is 0 Å². The molecular formula is C14H12N2OS. The first-order chi connectivity index (χ1) is 8.36. The van der Waals surface area contributed by atoms with E-state index in [1.807, 2.05) is 60.7 Å². The van der Waals surface area contributed by atoms with Crippen LogP contribution in [-0.4, -0.2) is 0 Å². The number of hydrogen-bond acceptors (Lipinski definition) is 3. The highest BCUT2D eigenvalue weighted by molar-refractivity contribution is 7.59. The minimum atomic E-state index is 0. The first-order valence-corrected chi connectivity index (χ1v) is 4.93. The fourth-order valence-electron chi connectivity index (χ4n) is 1.11. The van der Waals surface area contributed by atoms with Gasteiger partial charge in [-0.15, -0.1) is 0 Å². The number of hydrogen-bond donors (Lipinski definition) is 0. The average Bonchev–Trinajstić information content (AvgIpc) is 2.41. The molecule has 2 aromatic rings. The standard InChI is InChI=1S/C12H10O.C2N2.H2S/c1-3-7-11(8-4-1)13-12-9-5-2-6-10-12;3-1-2-4;/h1-10H;;1H2. The smallest absolute Gasteiger partial charge is 0.181 e. The molecule has 0 aromatic heterocycles. The molecule has 0 radical (unpaired) electrons. The molecule has 0 saturated carbocycles. The summed E-state index contributed by atoms with van der Waals surface area (Å²) >= 11 is 0. The molecule has 0 saturated heterocycles. The van der Waals surface area contributed by atoms with Gasteiger partial charge < -0.3 is 4.74 Å². The van der Waals surface area contributed by atoms with Crippen LogP contribution in [0.1, 0.15) is 0 Å². The second kappa shape index (κ2) is 9.77. The van der Waals surface area contributed by atoms with Crippen molar-refractivity contribution < 1.29 is 4.74 Å². The zero-order chi connectivity index (χ0) is 12.3. The molecule has 2 rings (SSSR count). The van der Waals surface area contributed by atoms with E-state index in [9.17, 15) is 0 Å². The van der Waals surface area contributed by atoms with Gasteiger partial charge in [0.15, 0.2) is 12.1 Å². The Labute approximate surface area is 113 Å². The van der Waals surface area contributed by atoms with Crippen molar-refractivity contribution in [1.29, 1.82) is 10.5 Å². The number of ether oxygens (including phenoxy) is 1. The lowest BCUT2D eigenvalue weighted by atomic mass is 10.3. The molecule has 2 aromatic carbocycles. The number of para-hydroxylation sites is 2. The Kier molecular flexibility index (Phi) is 8.45. The highest BCUT2D eigenvalue weighted by Gasteiger charge is 1.92. The SMILES string of the molecule is N#CC#N.S.c1ccc(Oc2ccccc2)cc1. The molecule has 0 atom stereocenters. The quantitative estimate of drug-likeness (QED) is 0.824. The molecule has 0 bridgehead atoms. The molecule has 0 amide bonds. The summed E-state index contributed by atoms with van der Waals surface area (Å²) in [4.78, 5) is 0. The zero-order valence-corrected chi connectivity index (χ0v) is 10.6. The summed E-state index contributed by atoms with van der Waals surface area (Å²) in [5.74, 6) is 1.74. The first-order valence-electron chi connectivity index (χ1n) is 4.93. The van der Waals surface area contributed by atoms with Crippen molar-refractivity contribution >= 4 is 13.5 Å². The lowest BCUT2D eigenvalue weighted by molar-refractivity contribution is 0.482. The Morgan fingerprint density at radius 3 is 1.28 bits per heavy atom. The Hall–Kier alpha value is -2.43. The maximum absolute atomic E-state index is 7.26. The second-order valence-electron chi connectivity index (χ2n) is 2.95. The van der Waals surface area contributed by atoms with E-state index in [2.05, 4.69) is 0 Å². The highest BCUT2D eigenvalue weighted by Crippen LogP contribution is 2.19. The van der Waals surface area contributed by atoms with E-state index in [0.717, 1.165) is 11.5 Å². The Balaban J connectivity index is 0.000000512. The van der Waals surface area contributed by atoms with E-state index in [1.165, 1.54) is 12.1 Å². The van der Waals surface area contributed by atoms with Crippen LogP contribution in [0.25, 0.3) is 0 Å². The summed E-state index contributed by atoms with van der Waals surface area (Å²) in [6.45, 7) is 0. The van der Waals surface area contributed by atoms with E-state index >= 15 is 0 Å². The van der Waals surface area contributed by atoms with Crippen molar-refractivity contribution in [3.63, 3.8) is 0 Å². The van der Waals surface area contributed by atoms with Crippen molar-refractivity contribution in [3.8, 4) is 23.6 Å². The summed E-state index contributed by atoms with van der Waals surface area (Å²) in [7, 11) is 0. The van der Waals surface area contributed by atoms with Gasteiger partial charge in [-0.25, -0.2) is 0 Å². The molecule has 18 heavy (non-hydrogen) atoms. The number of rotatable bonds is 2. The molecule has 3 nitrogen and oxygen atoms in total. The van der Waals surface area contributed by atoms with Gasteiger partial charge in [-0.1, -0.05) is 36.4 Å².